The molecule has 1 saturated heterocycles. The third-order valence-electron chi connectivity index (χ3n) is 3.89. The Morgan fingerprint density at radius 3 is 3.12 bits per heavy atom. The van der Waals surface area contributed by atoms with Crippen LogP contribution >= 0.6 is 0 Å². The van der Waals surface area contributed by atoms with Crippen LogP contribution in [0.4, 0.5) is 0 Å². The predicted molar refractivity (Wildman–Crippen MR) is 65.6 cm³/mol. The van der Waals surface area contributed by atoms with Crippen LogP contribution in [0, 0.1) is 5.92 Å². The van der Waals surface area contributed by atoms with E-state index in [0.29, 0.717) is 12.1 Å². The van der Waals surface area contributed by atoms with E-state index in [0.717, 1.165) is 37.9 Å². The lowest BCUT2D eigenvalue weighted by atomic mass is 10.1. The van der Waals surface area contributed by atoms with Crippen molar-refractivity contribution in [2.24, 2.45) is 5.92 Å². The Morgan fingerprint density at radius 2 is 2.35 bits per heavy atom. The van der Waals surface area contributed by atoms with Gasteiger partial charge in [-0.15, -0.1) is 0 Å². The number of hydrogen-bond acceptors (Lipinski definition) is 3. The van der Waals surface area contributed by atoms with E-state index in [1.165, 1.54) is 12.8 Å². The van der Waals surface area contributed by atoms with Gasteiger partial charge in [-0.1, -0.05) is 0 Å². The van der Waals surface area contributed by atoms with E-state index in [9.17, 15) is 0 Å². The molecule has 1 aliphatic heterocycles. The lowest BCUT2D eigenvalue weighted by molar-refractivity contribution is 0.0807. The first kappa shape index (κ1) is 11.2. The molecule has 1 aliphatic carbocycles. The minimum absolute atomic E-state index is 0.458. The Bertz CT molecular complexity index is 372. The third kappa shape index (κ3) is 2.38. The average Bonchev–Trinajstić information content (AvgIpc) is 2.93. The van der Waals surface area contributed by atoms with Crippen LogP contribution < -0.4 is 5.32 Å². The fourth-order valence-electron chi connectivity index (χ4n) is 2.74. The van der Waals surface area contributed by atoms with Crippen molar-refractivity contribution in [2.75, 3.05) is 6.61 Å². The molecule has 1 N–H and O–H groups in total. The molecule has 17 heavy (non-hydrogen) atoms. The van der Waals surface area contributed by atoms with Crippen molar-refractivity contribution < 1.29 is 4.74 Å². The number of nitrogens with zero attached hydrogens (tertiary/aromatic N) is 2. The Balaban J connectivity index is 1.56. The lowest BCUT2D eigenvalue weighted by Crippen LogP contribution is -2.37. The van der Waals surface area contributed by atoms with E-state index in [1.54, 1.807) is 0 Å². The van der Waals surface area contributed by atoms with Crippen molar-refractivity contribution in [2.45, 2.75) is 51.4 Å². The number of rotatable bonds is 5. The van der Waals surface area contributed by atoms with Gasteiger partial charge in [0.1, 0.15) is 5.82 Å². The zero-order chi connectivity index (χ0) is 11.7. The second-order valence-electron chi connectivity index (χ2n) is 5.08. The molecule has 0 spiro atoms. The van der Waals surface area contributed by atoms with Crippen molar-refractivity contribution in [3.63, 3.8) is 0 Å². The van der Waals surface area contributed by atoms with Crippen LogP contribution in [0.15, 0.2) is 12.4 Å². The molecule has 0 amide bonds. The summed E-state index contributed by atoms with van der Waals surface area (Å²) in [6.45, 7) is 4.92. The van der Waals surface area contributed by atoms with Gasteiger partial charge in [-0.25, -0.2) is 4.98 Å². The van der Waals surface area contributed by atoms with Crippen molar-refractivity contribution in [1.29, 1.82) is 0 Å². The molecule has 2 heterocycles. The fourth-order valence-corrected chi connectivity index (χ4v) is 2.74. The lowest BCUT2D eigenvalue weighted by Gasteiger charge is -2.19. The van der Waals surface area contributed by atoms with Gasteiger partial charge in [-0.2, -0.15) is 0 Å². The van der Waals surface area contributed by atoms with E-state index in [-0.39, 0.29) is 0 Å². The van der Waals surface area contributed by atoms with Gasteiger partial charge >= 0.3 is 0 Å². The standard InChI is InChI=1S/C13H21N3O/c1-2-16-7-6-14-12(16)9-15-11-5-8-17-13(11)10-3-4-10/h6-7,10-11,13,15H,2-5,8-9H2,1H3. The Hall–Kier alpha value is -0.870. The SMILES string of the molecule is CCn1ccnc1CNC1CCOC1C1CC1. The molecule has 2 aliphatic rings. The molecular formula is C13H21N3O. The molecule has 4 heteroatoms. The van der Waals surface area contributed by atoms with Crippen LogP contribution in [0.3, 0.4) is 0 Å². The van der Waals surface area contributed by atoms with E-state index in [2.05, 4.69) is 21.8 Å². The minimum atomic E-state index is 0.458. The van der Waals surface area contributed by atoms with Crippen LogP contribution in [0.1, 0.15) is 32.0 Å². The molecule has 3 rings (SSSR count). The smallest absolute Gasteiger partial charge is 0.122 e. The highest BCUT2D eigenvalue weighted by Gasteiger charge is 2.40. The second-order valence-corrected chi connectivity index (χ2v) is 5.08. The number of aryl methyl sites for hydroxylation is 1. The summed E-state index contributed by atoms with van der Waals surface area (Å²) in [6.07, 6.45) is 8.23. The van der Waals surface area contributed by atoms with E-state index in [4.69, 9.17) is 4.74 Å². The van der Waals surface area contributed by atoms with Crippen molar-refractivity contribution in [3.05, 3.63) is 18.2 Å². The summed E-state index contributed by atoms with van der Waals surface area (Å²) in [5, 5.41) is 3.62. The van der Waals surface area contributed by atoms with Crippen LogP contribution in [0.5, 0.6) is 0 Å². The zero-order valence-corrected chi connectivity index (χ0v) is 10.4. The maximum absolute atomic E-state index is 5.83. The van der Waals surface area contributed by atoms with Gasteiger partial charge in [0.2, 0.25) is 0 Å². The topological polar surface area (TPSA) is 39.1 Å². The molecule has 2 unspecified atom stereocenters. The van der Waals surface area contributed by atoms with Crippen LogP contribution in [-0.4, -0.2) is 28.3 Å². The molecule has 94 valence electrons. The summed E-state index contributed by atoms with van der Waals surface area (Å²) in [7, 11) is 0. The average molecular weight is 235 g/mol. The van der Waals surface area contributed by atoms with E-state index < -0.39 is 0 Å². The number of nitrogens with one attached hydrogen (secondary N) is 1. The van der Waals surface area contributed by atoms with Gasteiger partial charge in [-0.3, -0.25) is 0 Å². The summed E-state index contributed by atoms with van der Waals surface area (Å²) in [5.74, 6) is 1.95. The van der Waals surface area contributed by atoms with Crippen molar-refractivity contribution in [3.8, 4) is 0 Å². The molecule has 1 saturated carbocycles. The number of aromatic nitrogens is 2. The number of hydrogen-bond donors (Lipinski definition) is 1. The molecule has 1 aromatic heterocycles. The van der Waals surface area contributed by atoms with Crippen LogP contribution in [-0.2, 0) is 17.8 Å². The van der Waals surface area contributed by atoms with Crippen LogP contribution in [0.2, 0.25) is 0 Å². The summed E-state index contributed by atoms with van der Waals surface area (Å²) < 4.78 is 8.02. The molecule has 0 bridgehead atoms. The summed E-state index contributed by atoms with van der Waals surface area (Å²) in [5.41, 5.74) is 0. The molecule has 0 radical (unpaired) electrons. The largest absolute Gasteiger partial charge is 0.376 e. The number of ether oxygens (including phenoxy) is 1. The molecule has 0 aromatic carbocycles. The number of imidazole rings is 1. The second kappa shape index (κ2) is 4.78. The van der Waals surface area contributed by atoms with E-state index in [1.807, 2.05) is 12.4 Å². The first-order chi connectivity index (χ1) is 8.38. The monoisotopic (exact) mass is 235 g/mol. The van der Waals surface area contributed by atoms with Crippen molar-refractivity contribution in [1.82, 2.24) is 14.9 Å². The normalized spacial score (nSPS) is 28.8. The third-order valence-corrected chi connectivity index (χ3v) is 3.89. The van der Waals surface area contributed by atoms with Gasteiger partial charge in [-0.05, 0) is 32.1 Å². The van der Waals surface area contributed by atoms with Gasteiger partial charge in [0, 0.05) is 31.6 Å². The van der Waals surface area contributed by atoms with E-state index >= 15 is 0 Å². The maximum Gasteiger partial charge on any atom is 0.122 e. The minimum Gasteiger partial charge on any atom is -0.376 e. The highest BCUT2D eigenvalue weighted by Crippen LogP contribution is 2.38. The summed E-state index contributed by atoms with van der Waals surface area (Å²) >= 11 is 0. The maximum atomic E-state index is 5.83. The quantitative estimate of drug-likeness (QED) is 0.842. The molecule has 4 nitrogen and oxygen atoms in total. The highest BCUT2D eigenvalue weighted by molar-refractivity contribution is 4.96. The van der Waals surface area contributed by atoms with Gasteiger partial charge in [0.25, 0.3) is 0 Å². The zero-order valence-electron chi connectivity index (χ0n) is 10.4. The Morgan fingerprint density at radius 1 is 1.47 bits per heavy atom. The summed E-state index contributed by atoms with van der Waals surface area (Å²) in [4.78, 5) is 4.39. The Labute approximate surface area is 102 Å². The van der Waals surface area contributed by atoms with Gasteiger partial charge in [0.15, 0.2) is 0 Å². The first-order valence-corrected chi connectivity index (χ1v) is 6.73. The van der Waals surface area contributed by atoms with Gasteiger partial charge < -0.3 is 14.6 Å². The van der Waals surface area contributed by atoms with Crippen LogP contribution in [0.25, 0.3) is 0 Å². The Kier molecular flexibility index (Phi) is 3.16. The molecule has 1 aromatic rings. The first-order valence-electron chi connectivity index (χ1n) is 6.73. The summed E-state index contributed by atoms with van der Waals surface area (Å²) in [6, 6.07) is 0.532. The van der Waals surface area contributed by atoms with Gasteiger partial charge in [0.05, 0.1) is 12.6 Å². The molecule has 2 atom stereocenters. The van der Waals surface area contributed by atoms with Crippen molar-refractivity contribution >= 4 is 0 Å². The predicted octanol–water partition coefficient (Wildman–Crippen LogP) is 1.56. The molecular weight excluding hydrogens is 214 g/mol. The highest BCUT2D eigenvalue weighted by atomic mass is 16.5. The molecule has 2 fully saturated rings. The fraction of sp³-hybridized carbons (Fsp3) is 0.769.